The molecule has 2 aliphatic heterocycles. The van der Waals surface area contributed by atoms with E-state index in [2.05, 4.69) is 10.2 Å². The van der Waals surface area contributed by atoms with Crippen molar-refractivity contribution in [2.75, 3.05) is 6.79 Å². The highest BCUT2D eigenvalue weighted by molar-refractivity contribution is 5.53. The summed E-state index contributed by atoms with van der Waals surface area (Å²) < 4.78 is 11.0. The number of hydrogen-bond donors (Lipinski definition) is 0. The van der Waals surface area contributed by atoms with Crippen molar-refractivity contribution in [1.82, 2.24) is 0 Å². The molecule has 0 N–H and O–H groups in total. The fourth-order valence-electron chi connectivity index (χ4n) is 3.33. The number of hydrogen-bond acceptors (Lipinski definition) is 6. The van der Waals surface area contributed by atoms with Crippen molar-refractivity contribution in [2.45, 2.75) is 32.4 Å². The molecule has 0 saturated carbocycles. The van der Waals surface area contributed by atoms with Crippen LogP contribution in [0.25, 0.3) is 0 Å². The topological polar surface area (TPSA) is 86.3 Å². The Morgan fingerprint density at radius 3 is 2.64 bits per heavy atom. The minimum atomic E-state index is -0.373. The van der Waals surface area contributed by atoms with Gasteiger partial charge in [0.25, 0.3) is 5.69 Å². The van der Waals surface area contributed by atoms with Crippen molar-refractivity contribution in [3.63, 3.8) is 0 Å². The molecular weight excluding hydrogens is 322 g/mol. The van der Waals surface area contributed by atoms with Gasteiger partial charge in [0.2, 0.25) is 6.79 Å². The Bertz CT molecular complexity index is 894. The molecule has 0 aromatic heterocycles. The highest BCUT2D eigenvalue weighted by Crippen LogP contribution is 2.42. The summed E-state index contributed by atoms with van der Waals surface area (Å²) in [6.07, 6.45) is 0.762. The maximum absolute atomic E-state index is 11.1. The van der Waals surface area contributed by atoms with Crippen LogP contribution in [0.15, 0.2) is 40.6 Å². The SMILES string of the molecule is Cc1cc(C2N=N[C@H](C)Cc3cc4c(cc32)OCO4)ccc1[N+](=O)[O-]. The molecule has 7 nitrogen and oxygen atoms in total. The summed E-state index contributed by atoms with van der Waals surface area (Å²) in [7, 11) is 0. The molecule has 7 heteroatoms. The molecule has 2 aliphatic rings. The van der Waals surface area contributed by atoms with E-state index in [0.29, 0.717) is 11.3 Å². The summed E-state index contributed by atoms with van der Waals surface area (Å²) in [5.74, 6) is 1.44. The zero-order chi connectivity index (χ0) is 17.6. The van der Waals surface area contributed by atoms with Crippen LogP contribution < -0.4 is 9.47 Å². The standard InChI is InChI=1S/C18H17N3O4/c1-10-5-12(3-4-15(10)21(22)23)18-14-8-17-16(24-9-25-17)7-13(14)6-11(2)19-20-18/h3-5,7-8,11,18H,6,9H2,1-2H3/t11-,18?/m1/s1. The predicted octanol–water partition coefficient (Wildman–Crippen LogP) is 4.12. The smallest absolute Gasteiger partial charge is 0.272 e. The molecule has 1 unspecified atom stereocenters. The molecule has 2 aromatic carbocycles. The second kappa shape index (κ2) is 5.84. The third kappa shape index (κ3) is 2.71. The number of ether oxygens (including phenoxy) is 2. The fourth-order valence-corrected chi connectivity index (χ4v) is 3.33. The van der Waals surface area contributed by atoms with Gasteiger partial charge in [-0.2, -0.15) is 10.2 Å². The van der Waals surface area contributed by atoms with Gasteiger partial charge in [-0.15, -0.1) is 0 Å². The lowest BCUT2D eigenvalue weighted by molar-refractivity contribution is -0.385. The average molecular weight is 339 g/mol. The van der Waals surface area contributed by atoms with Crippen LogP contribution in [-0.4, -0.2) is 17.8 Å². The molecule has 0 bridgehead atoms. The Morgan fingerprint density at radius 2 is 1.92 bits per heavy atom. The second-order valence-corrected chi connectivity index (χ2v) is 6.39. The number of aryl methyl sites for hydroxylation is 1. The first-order chi connectivity index (χ1) is 12.0. The Morgan fingerprint density at radius 1 is 1.16 bits per heavy atom. The molecule has 0 aliphatic carbocycles. The lowest BCUT2D eigenvalue weighted by Gasteiger charge is -2.16. The Labute approximate surface area is 144 Å². The maximum Gasteiger partial charge on any atom is 0.272 e. The van der Waals surface area contributed by atoms with E-state index in [-0.39, 0.29) is 29.5 Å². The summed E-state index contributed by atoms with van der Waals surface area (Å²) in [6.45, 7) is 3.97. The third-order valence-electron chi connectivity index (χ3n) is 4.56. The third-order valence-corrected chi connectivity index (χ3v) is 4.56. The summed E-state index contributed by atoms with van der Waals surface area (Å²) >= 11 is 0. The van der Waals surface area contributed by atoms with Crippen LogP contribution in [0.2, 0.25) is 0 Å². The largest absolute Gasteiger partial charge is 0.454 e. The molecule has 25 heavy (non-hydrogen) atoms. The summed E-state index contributed by atoms with van der Waals surface area (Å²) in [4.78, 5) is 10.7. The van der Waals surface area contributed by atoms with E-state index in [0.717, 1.165) is 28.9 Å². The van der Waals surface area contributed by atoms with Crippen LogP contribution in [0.4, 0.5) is 5.69 Å². The Hall–Kier alpha value is -2.96. The molecular formula is C18H17N3O4. The average Bonchev–Trinajstić information content (AvgIpc) is 2.95. The van der Waals surface area contributed by atoms with E-state index >= 15 is 0 Å². The zero-order valence-electron chi connectivity index (χ0n) is 13.9. The number of azo groups is 1. The first-order valence-electron chi connectivity index (χ1n) is 8.10. The van der Waals surface area contributed by atoms with Crippen LogP contribution in [0.5, 0.6) is 11.5 Å². The predicted molar refractivity (Wildman–Crippen MR) is 90.3 cm³/mol. The highest BCUT2D eigenvalue weighted by Gasteiger charge is 2.27. The van der Waals surface area contributed by atoms with Crippen LogP contribution in [-0.2, 0) is 6.42 Å². The maximum atomic E-state index is 11.1. The van der Waals surface area contributed by atoms with Crippen LogP contribution in [0.1, 0.15) is 35.2 Å². The van der Waals surface area contributed by atoms with Crippen molar-refractivity contribution in [2.24, 2.45) is 10.2 Å². The summed E-state index contributed by atoms with van der Waals surface area (Å²) in [5, 5.41) is 20.0. The number of benzene rings is 2. The molecule has 0 amide bonds. The van der Waals surface area contributed by atoms with Crippen LogP contribution in [0.3, 0.4) is 0 Å². The molecule has 2 heterocycles. The summed E-state index contributed by atoms with van der Waals surface area (Å²) in [6, 6.07) is 8.79. The van der Waals surface area contributed by atoms with E-state index in [9.17, 15) is 10.1 Å². The van der Waals surface area contributed by atoms with Gasteiger partial charge in [-0.05, 0) is 61.2 Å². The molecule has 0 radical (unpaired) electrons. The van der Waals surface area contributed by atoms with Crippen LogP contribution >= 0.6 is 0 Å². The zero-order valence-corrected chi connectivity index (χ0v) is 13.9. The second-order valence-electron chi connectivity index (χ2n) is 6.39. The van der Waals surface area contributed by atoms with Crippen molar-refractivity contribution >= 4 is 5.69 Å². The van der Waals surface area contributed by atoms with Crippen LogP contribution in [0, 0.1) is 17.0 Å². The fraction of sp³-hybridized carbons (Fsp3) is 0.333. The van der Waals surface area contributed by atoms with Gasteiger partial charge >= 0.3 is 0 Å². The van der Waals surface area contributed by atoms with Gasteiger partial charge in [0.1, 0.15) is 6.04 Å². The van der Waals surface area contributed by atoms with Crippen molar-refractivity contribution < 1.29 is 14.4 Å². The van der Waals surface area contributed by atoms with Crippen molar-refractivity contribution in [3.05, 3.63) is 62.7 Å². The minimum Gasteiger partial charge on any atom is -0.454 e. The van der Waals surface area contributed by atoms with Crippen molar-refractivity contribution in [1.29, 1.82) is 0 Å². The summed E-state index contributed by atoms with van der Waals surface area (Å²) in [5.41, 5.74) is 3.71. The molecule has 2 aromatic rings. The van der Waals surface area contributed by atoms with Gasteiger partial charge in [-0.3, -0.25) is 10.1 Å². The van der Waals surface area contributed by atoms with Gasteiger partial charge in [-0.25, -0.2) is 0 Å². The van der Waals surface area contributed by atoms with E-state index < -0.39 is 0 Å². The van der Waals surface area contributed by atoms with Gasteiger partial charge < -0.3 is 9.47 Å². The van der Waals surface area contributed by atoms with Gasteiger partial charge in [0, 0.05) is 11.6 Å². The molecule has 4 rings (SSSR count). The molecule has 0 saturated heterocycles. The van der Waals surface area contributed by atoms with Gasteiger partial charge in [-0.1, -0.05) is 0 Å². The molecule has 0 fully saturated rings. The van der Waals surface area contributed by atoms with E-state index in [1.807, 2.05) is 25.1 Å². The van der Waals surface area contributed by atoms with Gasteiger partial charge in [0.15, 0.2) is 11.5 Å². The highest BCUT2D eigenvalue weighted by atomic mass is 16.7. The number of nitrogens with zero attached hydrogens (tertiary/aromatic N) is 3. The molecule has 0 spiro atoms. The van der Waals surface area contributed by atoms with Crippen molar-refractivity contribution in [3.8, 4) is 11.5 Å². The number of nitro benzene ring substituents is 1. The monoisotopic (exact) mass is 339 g/mol. The lowest BCUT2D eigenvalue weighted by atomic mass is 9.91. The van der Waals surface area contributed by atoms with E-state index in [4.69, 9.17) is 9.47 Å². The lowest BCUT2D eigenvalue weighted by Crippen LogP contribution is -2.04. The van der Waals surface area contributed by atoms with Gasteiger partial charge in [0.05, 0.1) is 11.0 Å². The molecule has 2 atom stereocenters. The van der Waals surface area contributed by atoms with E-state index in [1.165, 1.54) is 6.07 Å². The Kier molecular flexibility index (Phi) is 3.63. The first kappa shape index (κ1) is 15.6. The molecule has 128 valence electrons. The normalized spacial score (nSPS) is 20.9. The number of fused-ring (bicyclic) bond motifs is 2. The Balaban J connectivity index is 1.84. The first-order valence-corrected chi connectivity index (χ1v) is 8.10. The number of nitro groups is 1. The quantitative estimate of drug-likeness (QED) is 0.608. The minimum absolute atomic E-state index is 0.0586. The number of rotatable bonds is 2. The van der Waals surface area contributed by atoms with E-state index in [1.54, 1.807) is 13.0 Å².